The molecule has 59 heavy (non-hydrogen) atoms. The number of hydrogen-bond donors (Lipinski definition) is 0. The SMILES string of the molecule is CC1(C)c2ccccc2-c2c(-c3cc4c5cc6c(cc5n5c7cc8c(cc7c(c3)c45)C34c5ccccc5C3c3ccccc3C4C8=O)C(=O)C3CCC6CC3)cccc21. The molecule has 0 N–H and O–H groups in total. The number of ketones is 2. The van der Waals surface area contributed by atoms with Gasteiger partial charge in [-0.05, 0) is 135 Å². The number of carbonyl (C=O) groups is 2. The van der Waals surface area contributed by atoms with Crippen LogP contribution in [0.4, 0.5) is 0 Å². The van der Waals surface area contributed by atoms with Crippen LogP contribution >= 0.6 is 0 Å². The van der Waals surface area contributed by atoms with Gasteiger partial charge >= 0.3 is 0 Å². The van der Waals surface area contributed by atoms with Crippen LogP contribution in [0.2, 0.25) is 0 Å². The molecule has 7 aromatic carbocycles. The lowest BCUT2D eigenvalue weighted by atomic mass is 9.52. The van der Waals surface area contributed by atoms with Crippen LogP contribution in [0, 0.1) is 5.92 Å². The number of aromatic nitrogens is 1. The normalized spacial score (nSPS) is 24.8. The molecule has 0 amide bonds. The van der Waals surface area contributed by atoms with Crippen LogP contribution in [0.3, 0.4) is 0 Å². The molecule has 16 rings (SSSR count). The van der Waals surface area contributed by atoms with Gasteiger partial charge in [0.25, 0.3) is 0 Å². The Balaban J connectivity index is 1.08. The predicted octanol–water partition coefficient (Wildman–Crippen LogP) is 13.0. The van der Waals surface area contributed by atoms with E-state index in [-0.39, 0.29) is 29.0 Å². The second-order valence-corrected chi connectivity index (χ2v) is 19.3. The smallest absolute Gasteiger partial charge is 0.171 e. The molecule has 3 atom stereocenters. The molecular weight excluding hydrogens is 719 g/mol. The van der Waals surface area contributed by atoms with Crippen molar-refractivity contribution in [1.29, 1.82) is 0 Å². The Morgan fingerprint density at radius 3 is 1.86 bits per heavy atom. The fraction of sp³-hybridized carbons (Fsp3) is 0.214. The highest BCUT2D eigenvalue weighted by Crippen LogP contribution is 2.73. The third-order valence-corrected chi connectivity index (χ3v) is 16.6. The molecule has 2 bridgehead atoms. The summed E-state index contributed by atoms with van der Waals surface area (Å²) in [6, 6.07) is 47.6. The highest BCUT2D eigenvalue weighted by Gasteiger charge is 2.69. The van der Waals surface area contributed by atoms with Crippen molar-refractivity contribution in [3.63, 3.8) is 0 Å². The average Bonchev–Trinajstić information content (AvgIpc) is 3.95. The summed E-state index contributed by atoms with van der Waals surface area (Å²) in [5.74, 6) is 1.02. The summed E-state index contributed by atoms with van der Waals surface area (Å²) in [5, 5.41) is 4.83. The summed E-state index contributed by atoms with van der Waals surface area (Å²) in [5.41, 5.74) is 20.0. The minimum atomic E-state index is -0.406. The Kier molecular flexibility index (Phi) is 5.41. The molecule has 7 aliphatic rings. The van der Waals surface area contributed by atoms with Crippen LogP contribution < -0.4 is 0 Å². The summed E-state index contributed by atoms with van der Waals surface area (Å²) in [7, 11) is 0. The standard InChI is InChI=1S/C56H39NO2/c1-55(2)43-15-7-5-12-34(43)49-31(14-9-17-45(49)55)30-22-39-37-24-36-28-18-20-29(21-19-28)53(58)41(36)26-47(37)57-48-27-42-46(25-38(48)40(23-30)52(39)57)56-44-16-8-6-13-35(44)50(56)32-10-3-4-11-33(32)51(56)54(42)59/h3-17,22-29,50-51H,18-21H2,1-2H3. The maximum atomic E-state index is 15.2. The highest BCUT2D eigenvalue weighted by molar-refractivity contribution is 6.27. The molecule has 0 radical (unpaired) electrons. The minimum absolute atomic E-state index is 0.105. The maximum Gasteiger partial charge on any atom is 0.171 e. The van der Waals surface area contributed by atoms with Crippen molar-refractivity contribution in [3.8, 4) is 22.3 Å². The van der Waals surface area contributed by atoms with Gasteiger partial charge in [-0.3, -0.25) is 9.59 Å². The lowest BCUT2D eigenvalue weighted by molar-refractivity contribution is 0.0897. The largest absolute Gasteiger partial charge is 0.308 e. The minimum Gasteiger partial charge on any atom is -0.308 e. The number of carbonyl (C=O) groups excluding carboxylic acids is 2. The second-order valence-electron chi connectivity index (χ2n) is 19.3. The number of Topliss-reactive ketones (excluding diaryl/α,β-unsaturated/α-hetero) is 2. The van der Waals surface area contributed by atoms with E-state index >= 15 is 4.79 Å². The van der Waals surface area contributed by atoms with Gasteiger partial charge < -0.3 is 4.40 Å². The van der Waals surface area contributed by atoms with Crippen molar-refractivity contribution in [2.45, 2.75) is 68.1 Å². The Morgan fingerprint density at radius 1 is 0.475 bits per heavy atom. The van der Waals surface area contributed by atoms with Gasteiger partial charge in [-0.25, -0.2) is 0 Å². The van der Waals surface area contributed by atoms with E-state index in [1.54, 1.807) is 0 Å². The van der Waals surface area contributed by atoms with Gasteiger partial charge in [0.2, 0.25) is 0 Å². The van der Waals surface area contributed by atoms with E-state index < -0.39 is 5.41 Å². The van der Waals surface area contributed by atoms with E-state index in [1.165, 1.54) is 93.8 Å². The van der Waals surface area contributed by atoms with E-state index in [1.807, 2.05) is 0 Å². The van der Waals surface area contributed by atoms with Crippen molar-refractivity contribution in [3.05, 3.63) is 183 Å². The second kappa shape index (κ2) is 10.1. The summed E-state index contributed by atoms with van der Waals surface area (Å²) in [6.07, 6.45) is 4.15. The van der Waals surface area contributed by atoms with Gasteiger partial charge in [0, 0.05) is 55.3 Å². The third kappa shape index (κ3) is 3.37. The van der Waals surface area contributed by atoms with Crippen LogP contribution in [-0.4, -0.2) is 16.0 Å². The molecule has 1 spiro atoms. The number of fused-ring (bicyclic) bond motifs is 17. The zero-order chi connectivity index (χ0) is 38.8. The van der Waals surface area contributed by atoms with Crippen LogP contribution in [0.5, 0.6) is 0 Å². The first kappa shape index (κ1) is 31.6. The zero-order valence-electron chi connectivity index (χ0n) is 33.0. The molecule has 7 aliphatic carbocycles. The molecule has 280 valence electrons. The van der Waals surface area contributed by atoms with Crippen molar-refractivity contribution in [1.82, 2.24) is 4.40 Å². The number of hydrogen-bond acceptors (Lipinski definition) is 2. The number of benzene rings is 7. The van der Waals surface area contributed by atoms with Gasteiger partial charge in [0.1, 0.15) is 0 Å². The average molecular weight is 758 g/mol. The summed E-state index contributed by atoms with van der Waals surface area (Å²) in [4.78, 5) is 29.4. The summed E-state index contributed by atoms with van der Waals surface area (Å²) in [6.45, 7) is 4.72. The lowest BCUT2D eigenvalue weighted by Gasteiger charge is -2.48. The summed E-state index contributed by atoms with van der Waals surface area (Å²) < 4.78 is 2.42. The molecule has 3 unspecified atom stereocenters. The van der Waals surface area contributed by atoms with Gasteiger partial charge in [0.15, 0.2) is 11.6 Å². The van der Waals surface area contributed by atoms with E-state index in [0.717, 1.165) is 47.8 Å². The first-order valence-electron chi connectivity index (χ1n) is 21.7. The monoisotopic (exact) mass is 757 g/mol. The van der Waals surface area contributed by atoms with Crippen LogP contribution in [0.25, 0.3) is 60.3 Å². The van der Waals surface area contributed by atoms with Crippen molar-refractivity contribution >= 4 is 49.7 Å². The van der Waals surface area contributed by atoms with E-state index in [9.17, 15) is 4.79 Å². The molecule has 0 aliphatic heterocycles. The first-order valence-corrected chi connectivity index (χ1v) is 21.7. The molecule has 9 aromatic rings. The molecule has 0 saturated heterocycles. The molecule has 3 nitrogen and oxygen atoms in total. The molecule has 2 heterocycles. The van der Waals surface area contributed by atoms with Gasteiger partial charge in [-0.15, -0.1) is 0 Å². The Labute approximate surface area is 341 Å². The Hall–Kier alpha value is -6.32. The maximum absolute atomic E-state index is 15.2. The van der Waals surface area contributed by atoms with E-state index in [4.69, 9.17) is 0 Å². The molecular formula is C56H39NO2. The Morgan fingerprint density at radius 2 is 1.08 bits per heavy atom. The lowest BCUT2D eigenvalue weighted by Crippen LogP contribution is -2.43. The fourth-order valence-electron chi connectivity index (χ4n) is 14.2. The van der Waals surface area contributed by atoms with Crippen molar-refractivity contribution in [2.75, 3.05) is 0 Å². The summed E-state index contributed by atoms with van der Waals surface area (Å²) >= 11 is 0. The van der Waals surface area contributed by atoms with E-state index in [2.05, 4.69) is 146 Å². The van der Waals surface area contributed by atoms with Gasteiger partial charge in [-0.1, -0.05) is 105 Å². The van der Waals surface area contributed by atoms with Crippen LogP contribution in [0.15, 0.2) is 127 Å². The number of nitrogens with zero attached hydrogens (tertiary/aromatic N) is 1. The predicted molar refractivity (Wildman–Crippen MR) is 236 cm³/mol. The van der Waals surface area contributed by atoms with Crippen molar-refractivity contribution in [2.24, 2.45) is 5.92 Å². The number of rotatable bonds is 1. The zero-order valence-corrected chi connectivity index (χ0v) is 33.0. The quantitative estimate of drug-likeness (QED) is 0.167. The van der Waals surface area contributed by atoms with Crippen LogP contribution in [0.1, 0.15) is 123 Å². The Bertz CT molecular complexity index is 3500. The van der Waals surface area contributed by atoms with Gasteiger partial charge in [0.05, 0.1) is 22.5 Å². The highest BCUT2D eigenvalue weighted by atomic mass is 16.1. The fourth-order valence-corrected chi connectivity index (χ4v) is 14.2. The van der Waals surface area contributed by atoms with Crippen LogP contribution in [-0.2, 0) is 10.8 Å². The topological polar surface area (TPSA) is 38.5 Å². The molecule has 2 aromatic heterocycles. The van der Waals surface area contributed by atoms with Crippen molar-refractivity contribution < 1.29 is 9.59 Å². The van der Waals surface area contributed by atoms with Gasteiger partial charge in [-0.2, -0.15) is 0 Å². The first-order chi connectivity index (χ1) is 28.9. The molecule has 3 heteroatoms. The molecule has 1 fully saturated rings. The van der Waals surface area contributed by atoms with E-state index in [0.29, 0.717) is 11.7 Å². The third-order valence-electron chi connectivity index (χ3n) is 16.6. The molecule has 1 saturated carbocycles.